The molecule has 0 radical (unpaired) electrons. The Morgan fingerprint density at radius 2 is 1.52 bits per heavy atom. The van der Waals surface area contributed by atoms with Crippen LogP contribution in [0.4, 0.5) is 0 Å². The molecule has 2 aromatic carbocycles. The molecule has 2 rings (SSSR count). The van der Waals surface area contributed by atoms with Crippen LogP contribution in [0.3, 0.4) is 0 Å². The molecule has 0 amide bonds. The number of phosphoric acid groups is 1. The third-order valence-corrected chi connectivity index (χ3v) is 4.32. The quantitative estimate of drug-likeness (QED) is 0.708. The molecule has 5 heteroatoms. The van der Waals surface area contributed by atoms with E-state index in [2.05, 4.69) is 13.8 Å². The first kappa shape index (κ1) is 17.6. The first-order valence-electron chi connectivity index (χ1n) is 7.68. The van der Waals surface area contributed by atoms with E-state index in [-0.39, 0.29) is 17.6 Å². The Hall–Kier alpha value is -1.77. The Kier molecular flexibility index (Phi) is 5.51. The van der Waals surface area contributed by atoms with Crippen molar-refractivity contribution in [3.05, 3.63) is 59.7 Å². The van der Waals surface area contributed by atoms with E-state index in [1.807, 2.05) is 19.9 Å². The van der Waals surface area contributed by atoms with Crippen LogP contribution in [0, 0.1) is 0 Å². The third-order valence-electron chi connectivity index (χ3n) is 3.47. The van der Waals surface area contributed by atoms with Gasteiger partial charge in [0, 0.05) is 5.56 Å². The van der Waals surface area contributed by atoms with Gasteiger partial charge in [0.2, 0.25) is 0 Å². The Labute approximate surface area is 137 Å². The van der Waals surface area contributed by atoms with E-state index in [9.17, 15) is 9.46 Å². The van der Waals surface area contributed by atoms with E-state index in [4.69, 9.17) is 9.05 Å². The number of hydrogen-bond donors (Lipinski definition) is 0. The molecule has 1 atom stereocenters. The van der Waals surface area contributed by atoms with Gasteiger partial charge in [-0.2, -0.15) is 0 Å². The summed E-state index contributed by atoms with van der Waals surface area (Å²) >= 11 is 0. The maximum atomic E-state index is 12.2. The summed E-state index contributed by atoms with van der Waals surface area (Å²) < 4.78 is 22.5. The predicted octanol–water partition coefficient (Wildman–Crippen LogP) is 4.86. The second-order valence-corrected chi connectivity index (χ2v) is 7.27. The van der Waals surface area contributed by atoms with Gasteiger partial charge in [-0.25, -0.2) is 4.57 Å². The second-order valence-electron chi connectivity index (χ2n) is 6.01. The van der Waals surface area contributed by atoms with Crippen LogP contribution in [-0.2, 0) is 4.57 Å². The van der Waals surface area contributed by atoms with Crippen molar-refractivity contribution in [2.45, 2.75) is 39.5 Å². The summed E-state index contributed by atoms with van der Waals surface area (Å²) in [6.07, 6.45) is 0. The molecule has 23 heavy (non-hydrogen) atoms. The molecular formula is C18H22O4P-. The number of para-hydroxylation sites is 1. The van der Waals surface area contributed by atoms with Crippen molar-refractivity contribution >= 4 is 7.82 Å². The monoisotopic (exact) mass is 333 g/mol. The first-order chi connectivity index (χ1) is 10.8. The van der Waals surface area contributed by atoms with Gasteiger partial charge in [-0.05, 0) is 35.6 Å². The Morgan fingerprint density at radius 3 is 2.09 bits per heavy atom. The van der Waals surface area contributed by atoms with Gasteiger partial charge in [0.05, 0.1) is 0 Å². The minimum Gasteiger partial charge on any atom is -0.736 e. The Balaban J connectivity index is 2.32. The fraction of sp³-hybridized carbons (Fsp3) is 0.333. The molecule has 0 fully saturated rings. The number of rotatable bonds is 6. The minimum atomic E-state index is -4.50. The number of benzene rings is 2. The maximum absolute atomic E-state index is 12.2. The average molecular weight is 333 g/mol. The summed E-state index contributed by atoms with van der Waals surface area (Å²) in [6, 6.07) is 13.8. The zero-order valence-corrected chi connectivity index (χ0v) is 14.7. The molecule has 4 nitrogen and oxygen atoms in total. The van der Waals surface area contributed by atoms with Crippen LogP contribution in [0.15, 0.2) is 48.5 Å². The molecule has 0 aliphatic heterocycles. The second kappa shape index (κ2) is 7.20. The highest BCUT2D eigenvalue weighted by atomic mass is 31.2. The van der Waals surface area contributed by atoms with Crippen molar-refractivity contribution in [3.63, 3.8) is 0 Å². The summed E-state index contributed by atoms with van der Waals surface area (Å²) in [5.41, 5.74) is 1.98. The van der Waals surface area contributed by atoms with Gasteiger partial charge in [-0.1, -0.05) is 58.0 Å². The van der Waals surface area contributed by atoms with Gasteiger partial charge in [-0.15, -0.1) is 0 Å². The van der Waals surface area contributed by atoms with E-state index in [0.29, 0.717) is 5.75 Å². The number of phosphoric ester groups is 1. The lowest BCUT2D eigenvalue weighted by Crippen LogP contribution is -2.14. The third kappa shape index (κ3) is 4.60. The fourth-order valence-corrected chi connectivity index (χ4v) is 3.33. The summed E-state index contributed by atoms with van der Waals surface area (Å²) in [6.45, 7) is 8.17. The van der Waals surface area contributed by atoms with Crippen molar-refractivity contribution in [1.82, 2.24) is 0 Å². The largest absolute Gasteiger partial charge is 0.736 e. The first-order valence-corrected chi connectivity index (χ1v) is 9.14. The van der Waals surface area contributed by atoms with Crippen molar-refractivity contribution < 1.29 is 18.5 Å². The standard InChI is InChI=1S/C18H23O4P/c1-13(2)16-11-8-12-17(18(16)14(3)4)22-23(19,20)21-15-9-6-5-7-10-15/h5-14H,1-4H3,(H,19,20)/p-1. The highest BCUT2D eigenvalue weighted by molar-refractivity contribution is 7.46. The summed E-state index contributed by atoms with van der Waals surface area (Å²) in [7, 11) is -4.50. The molecule has 0 heterocycles. The zero-order valence-electron chi connectivity index (χ0n) is 13.9. The van der Waals surface area contributed by atoms with Crippen LogP contribution in [0.2, 0.25) is 0 Å². The maximum Gasteiger partial charge on any atom is 0.372 e. The van der Waals surface area contributed by atoms with E-state index < -0.39 is 7.82 Å². The van der Waals surface area contributed by atoms with Crippen LogP contribution in [0.25, 0.3) is 0 Å². The highest BCUT2D eigenvalue weighted by Gasteiger charge is 2.20. The van der Waals surface area contributed by atoms with Crippen LogP contribution < -0.4 is 13.9 Å². The molecule has 1 unspecified atom stereocenters. The minimum absolute atomic E-state index is 0.139. The molecule has 0 saturated heterocycles. The van der Waals surface area contributed by atoms with Crippen LogP contribution in [0.5, 0.6) is 11.5 Å². The Bertz CT molecular complexity index is 695. The number of hydrogen-bond acceptors (Lipinski definition) is 4. The molecular weight excluding hydrogens is 311 g/mol. The molecule has 0 bridgehead atoms. The topological polar surface area (TPSA) is 58.6 Å². The van der Waals surface area contributed by atoms with Crippen molar-refractivity contribution in [2.75, 3.05) is 0 Å². The van der Waals surface area contributed by atoms with Crippen molar-refractivity contribution in [2.24, 2.45) is 0 Å². The molecule has 0 aliphatic rings. The molecule has 0 aliphatic carbocycles. The average Bonchev–Trinajstić information content (AvgIpc) is 2.46. The van der Waals surface area contributed by atoms with E-state index in [0.717, 1.165) is 11.1 Å². The van der Waals surface area contributed by atoms with Crippen LogP contribution in [-0.4, -0.2) is 0 Å². The summed E-state index contributed by atoms with van der Waals surface area (Å²) in [5, 5.41) is 0. The predicted molar refractivity (Wildman–Crippen MR) is 89.9 cm³/mol. The highest BCUT2D eigenvalue weighted by Crippen LogP contribution is 2.44. The lowest BCUT2D eigenvalue weighted by atomic mass is 9.90. The van der Waals surface area contributed by atoms with E-state index >= 15 is 0 Å². The lowest BCUT2D eigenvalue weighted by molar-refractivity contribution is -0.208. The molecule has 0 N–H and O–H groups in total. The molecule has 0 saturated carbocycles. The SMILES string of the molecule is CC(C)c1cccc(OP(=O)([O-])Oc2ccccc2)c1C(C)C. The summed E-state index contributed by atoms with van der Waals surface area (Å²) in [5.74, 6) is 0.981. The van der Waals surface area contributed by atoms with E-state index in [1.165, 1.54) is 0 Å². The van der Waals surface area contributed by atoms with Gasteiger partial charge in [0.15, 0.2) is 0 Å². The van der Waals surface area contributed by atoms with Crippen LogP contribution in [0.1, 0.15) is 50.7 Å². The molecule has 124 valence electrons. The fourth-order valence-electron chi connectivity index (χ4n) is 2.51. The smallest absolute Gasteiger partial charge is 0.372 e. The van der Waals surface area contributed by atoms with Gasteiger partial charge in [-0.3, -0.25) is 0 Å². The van der Waals surface area contributed by atoms with Crippen LogP contribution >= 0.6 is 7.82 Å². The van der Waals surface area contributed by atoms with Gasteiger partial charge in [0.25, 0.3) is 0 Å². The van der Waals surface area contributed by atoms with Gasteiger partial charge in [0.1, 0.15) is 11.5 Å². The van der Waals surface area contributed by atoms with Gasteiger partial charge >= 0.3 is 7.82 Å². The molecule has 2 aromatic rings. The normalized spacial score (nSPS) is 13.9. The Morgan fingerprint density at radius 1 is 0.870 bits per heavy atom. The van der Waals surface area contributed by atoms with Gasteiger partial charge < -0.3 is 13.9 Å². The lowest BCUT2D eigenvalue weighted by Gasteiger charge is -2.27. The van der Waals surface area contributed by atoms with Crippen molar-refractivity contribution in [3.8, 4) is 11.5 Å². The van der Waals surface area contributed by atoms with Crippen molar-refractivity contribution in [1.29, 1.82) is 0 Å². The molecule has 0 aromatic heterocycles. The van der Waals surface area contributed by atoms with E-state index in [1.54, 1.807) is 42.5 Å². The summed E-state index contributed by atoms with van der Waals surface area (Å²) in [4.78, 5) is 12.2. The molecule has 0 spiro atoms. The zero-order chi connectivity index (χ0) is 17.0.